The van der Waals surface area contributed by atoms with Gasteiger partial charge in [0.05, 0.1) is 10.4 Å². The topological polar surface area (TPSA) is 88.9 Å². The molecule has 10 heteroatoms. The van der Waals surface area contributed by atoms with Crippen LogP contribution >= 0.6 is 15.9 Å². The summed E-state index contributed by atoms with van der Waals surface area (Å²) in [5.74, 6) is 0. The van der Waals surface area contributed by atoms with Gasteiger partial charge >= 0.3 is 6.09 Å². The van der Waals surface area contributed by atoms with Crippen molar-refractivity contribution in [1.82, 2.24) is 8.87 Å². The van der Waals surface area contributed by atoms with E-state index in [0.717, 1.165) is 9.66 Å². The van der Waals surface area contributed by atoms with Crippen LogP contribution in [0.15, 0.2) is 58.0 Å². The van der Waals surface area contributed by atoms with E-state index in [0.29, 0.717) is 53.4 Å². The number of carbonyl (C=O) groups excluding carboxylic acids is 2. The predicted molar refractivity (Wildman–Crippen MR) is 134 cm³/mol. The smallest absolute Gasteiger partial charge is 0.410 e. The fraction of sp³-hybridized carbons (Fsp3) is 0.333. The Labute approximate surface area is 207 Å². The molecule has 1 aromatic heterocycles. The Morgan fingerprint density at radius 1 is 1.06 bits per heavy atom. The molecule has 0 unspecified atom stereocenters. The molecule has 2 heterocycles. The summed E-state index contributed by atoms with van der Waals surface area (Å²) in [6.07, 6.45) is 1.69. The molecule has 1 aliphatic rings. The van der Waals surface area contributed by atoms with Gasteiger partial charge in [0.2, 0.25) is 0 Å². The number of aromatic nitrogens is 1. The Kier molecular flexibility index (Phi) is 6.48. The van der Waals surface area contributed by atoms with Crippen molar-refractivity contribution in [2.75, 3.05) is 31.1 Å². The summed E-state index contributed by atoms with van der Waals surface area (Å²) in [6.45, 7) is 7.71. The van der Waals surface area contributed by atoms with Crippen LogP contribution in [0.2, 0.25) is 0 Å². The Hall–Kier alpha value is -2.85. The van der Waals surface area contributed by atoms with E-state index in [1.54, 1.807) is 23.1 Å². The summed E-state index contributed by atoms with van der Waals surface area (Å²) in [5.41, 5.74) is 1.03. The summed E-state index contributed by atoms with van der Waals surface area (Å²) < 4.78 is 33.8. The standard InChI is InChI=1S/C24H26BrN3O5S/c1-24(2,3)33-23(30)27-11-9-26(10-12-27)19-7-8-22-21(14-19)17(16-29)15-28(22)34(31,32)20-6-4-5-18(25)13-20/h4-8,13-16H,9-12H2,1-3H3. The molecule has 0 N–H and O–H groups in total. The number of fused-ring (bicyclic) bond motifs is 1. The minimum absolute atomic E-state index is 0.124. The van der Waals surface area contributed by atoms with E-state index in [9.17, 15) is 18.0 Å². The number of rotatable bonds is 4. The van der Waals surface area contributed by atoms with Crippen molar-refractivity contribution in [3.63, 3.8) is 0 Å². The van der Waals surface area contributed by atoms with Gasteiger partial charge in [0.15, 0.2) is 6.29 Å². The highest BCUT2D eigenvalue weighted by molar-refractivity contribution is 9.10. The van der Waals surface area contributed by atoms with E-state index in [-0.39, 0.29) is 11.0 Å². The fourth-order valence-electron chi connectivity index (χ4n) is 3.92. The molecule has 3 aromatic rings. The maximum Gasteiger partial charge on any atom is 0.410 e. The summed E-state index contributed by atoms with van der Waals surface area (Å²) in [6, 6.07) is 11.8. The molecule has 0 radical (unpaired) electrons. The highest BCUT2D eigenvalue weighted by Crippen LogP contribution is 2.30. The third-order valence-electron chi connectivity index (χ3n) is 5.56. The van der Waals surface area contributed by atoms with Crippen LogP contribution in [-0.2, 0) is 14.8 Å². The third kappa shape index (κ3) is 4.83. The number of nitrogens with zero attached hydrogens (tertiary/aromatic N) is 3. The summed E-state index contributed by atoms with van der Waals surface area (Å²) >= 11 is 3.31. The van der Waals surface area contributed by atoms with Crippen LogP contribution in [-0.4, -0.2) is 61.4 Å². The first kappa shape index (κ1) is 24.3. The van der Waals surface area contributed by atoms with Gasteiger partial charge in [0.1, 0.15) is 5.60 Å². The maximum absolute atomic E-state index is 13.3. The maximum atomic E-state index is 13.3. The third-order valence-corrected chi connectivity index (χ3v) is 7.72. The summed E-state index contributed by atoms with van der Waals surface area (Å²) in [7, 11) is -3.89. The first-order valence-corrected chi connectivity index (χ1v) is 13.1. The number of hydrogen-bond acceptors (Lipinski definition) is 6. The van der Waals surface area contributed by atoms with Crippen molar-refractivity contribution in [1.29, 1.82) is 0 Å². The van der Waals surface area contributed by atoms with E-state index in [4.69, 9.17) is 4.74 Å². The highest BCUT2D eigenvalue weighted by atomic mass is 79.9. The van der Waals surface area contributed by atoms with Gasteiger partial charge in [-0.25, -0.2) is 17.2 Å². The first-order valence-electron chi connectivity index (χ1n) is 10.8. The Morgan fingerprint density at radius 3 is 2.38 bits per heavy atom. The Bertz CT molecular complexity index is 1350. The first-order chi connectivity index (χ1) is 16.0. The van der Waals surface area contributed by atoms with E-state index >= 15 is 0 Å². The quantitative estimate of drug-likeness (QED) is 0.446. The van der Waals surface area contributed by atoms with Crippen LogP contribution < -0.4 is 4.90 Å². The van der Waals surface area contributed by atoms with Crippen LogP contribution in [0, 0.1) is 0 Å². The highest BCUT2D eigenvalue weighted by Gasteiger charge is 2.27. The van der Waals surface area contributed by atoms with Gasteiger partial charge < -0.3 is 14.5 Å². The lowest BCUT2D eigenvalue weighted by Crippen LogP contribution is -2.50. The molecule has 4 rings (SSSR count). The Balaban J connectivity index is 1.61. The van der Waals surface area contributed by atoms with Gasteiger partial charge in [0, 0.05) is 53.5 Å². The van der Waals surface area contributed by atoms with E-state index in [2.05, 4.69) is 20.8 Å². The molecule has 180 valence electrons. The Morgan fingerprint density at radius 2 is 1.76 bits per heavy atom. The lowest BCUT2D eigenvalue weighted by atomic mass is 10.1. The lowest BCUT2D eigenvalue weighted by molar-refractivity contribution is 0.0240. The molecule has 0 bridgehead atoms. The second kappa shape index (κ2) is 9.07. The zero-order valence-electron chi connectivity index (χ0n) is 19.2. The van der Waals surface area contributed by atoms with E-state index in [1.807, 2.05) is 32.9 Å². The van der Waals surface area contributed by atoms with Gasteiger partial charge in [-0.1, -0.05) is 22.0 Å². The number of aldehydes is 1. The number of halogens is 1. The van der Waals surface area contributed by atoms with Crippen LogP contribution in [0.4, 0.5) is 10.5 Å². The second-order valence-corrected chi connectivity index (χ2v) is 11.8. The molecule has 1 fully saturated rings. The molecule has 1 aliphatic heterocycles. The molecule has 1 amide bonds. The predicted octanol–water partition coefficient (Wildman–Crippen LogP) is 4.51. The van der Waals surface area contributed by atoms with Crippen molar-refractivity contribution in [3.05, 3.63) is 58.7 Å². The molecule has 1 saturated heterocycles. The van der Waals surface area contributed by atoms with E-state index in [1.165, 1.54) is 18.3 Å². The molecule has 0 aliphatic carbocycles. The largest absolute Gasteiger partial charge is 0.444 e. The average molecular weight is 548 g/mol. The van der Waals surface area contributed by atoms with Gasteiger partial charge in [-0.2, -0.15) is 0 Å². The van der Waals surface area contributed by atoms with Crippen molar-refractivity contribution in [2.24, 2.45) is 0 Å². The van der Waals surface area contributed by atoms with Crippen molar-refractivity contribution >= 4 is 54.9 Å². The van der Waals surface area contributed by atoms with Crippen LogP contribution in [0.25, 0.3) is 10.9 Å². The minimum atomic E-state index is -3.89. The van der Waals surface area contributed by atoms with Crippen molar-refractivity contribution < 1.29 is 22.7 Å². The molecule has 34 heavy (non-hydrogen) atoms. The summed E-state index contributed by atoms with van der Waals surface area (Å²) in [4.78, 5) is 28.0. The number of piperazine rings is 1. The minimum Gasteiger partial charge on any atom is -0.444 e. The normalized spacial score (nSPS) is 14.9. The molecule has 0 saturated carbocycles. The SMILES string of the molecule is CC(C)(C)OC(=O)N1CCN(c2ccc3c(c2)c(C=O)cn3S(=O)(=O)c2cccc(Br)c2)CC1. The average Bonchev–Trinajstić information content (AvgIpc) is 3.17. The van der Waals surface area contributed by atoms with Gasteiger partial charge in [0.25, 0.3) is 10.0 Å². The number of benzene rings is 2. The van der Waals surface area contributed by atoms with Crippen LogP contribution in [0.5, 0.6) is 0 Å². The zero-order chi connectivity index (χ0) is 24.7. The second-order valence-electron chi connectivity index (χ2n) is 9.12. The van der Waals surface area contributed by atoms with Crippen LogP contribution in [0.1, 0.15) is 31.1 Å². The number of anilines is 1. The number of ether oxygens (including phenoxy) is 1. The number of carbonyl (C=O) groups is 2. The van der Waals surface area contributed by atoms with Gasteiger partial charge in [-0.05, 0) is 57.2 Å². The van der Waals surface area contributed by atoms with Gasteiger partial charge in [-0.3, -0.25) is 4.79 Å². The van der Waals surface area contributed by atoms with Crippen molar-refractivity contribution in [3.8, 4) is 0 Å². The lowest BCUT2D eigenvalue weighted by Gasteiger charge is -2.36. The fourth-order valence-corrected chi connectivity index (χ4v) is 5.89. The molecule has 2 aromatic carbocycles. The summed E-state index contributed by atoms with van der Waals surface area (Å²) in [5, 5.41) is 0.556. The number of amides is 1. The number of hydrogen-bond donors (Lipinski definition) is 0. The van der Waals surface area contributed by atoms with Crippen molar-refractivity contribution in [2.45, 2.75) is 31.3 Å². The molecule has 8 nitrogen and oxygen atoms in total. The van der Waals surface area contributed by atoms with Gasteiger partial charge in [-0.15, -0.1) is 0 Å². The van der Waals surface area contributed by atoms with Crippen LogP contribution in [0.3, 0.4) is 0 Å². The molecular formula is C24H26BrN3O5S. The monoisotopic (exact) mass is 547 g/mol. The molecule has 0 atom stereocenters. The molecular weight excluding hydrogens is 522 g/mol. The zero-order valence-corrected chi connectivity index (χ0v) is 21.6. The molecule has 0 spiro atoms. The van der Waals surface area contributed by atoms with E-state index < -0.39 is 15.6 Å².